The predicted octanol–water partition coefficient (Wildman–Crippen LogP) is 3.89. The second-order valence-electron chi connectivity index (χ2n) is 6.78. The van der Waals surface area contributed by atoms with Crippen LogP contribution in [0.25, 0.3) is 0 Å². The van der Waals surface area contributed by atoms with E-state index in [1.54, 1.807) is 6.42 Å². The van der Waals surface area contributed by atoms with Crippen LogP contribution >= 0.6 is 0 Å². The third-order valence-corrected chi connectivity index (χ3v) is 5.38. The first-order valence-electron chi connectivity index (χ1n) is 8.03. The first kappa shape index (κ1) is 13.2. The lowest BCUT2D eigenvalue weighted by Crippen LogP contribution is -2.25. The molecule has 0 heterocycles. The van der Waals surface area contributed by atoms with Crippen LogP contribution in [0.3, 0.4) is 0 Å². The molecule has 1 nitrogen and oxygen atoms in total. The van der Waals surface area contributed by atoms with E-state index in [1.165, 1.54) is 44.2 Å². The summed E-state index contributed by atoms with van der Waals surface area (Å²) in [7, 11) is 2.10. The fourth-order valence-electron chi connectivity index (χ4n) is 4.57. The lowest BCUT2D eigenvalue weighted by molar-refractivity contribution is 0.263. The van der Waals surface area contributed by atoms with Crippen molar-refractivity contribution in [3.05, 3.63) is 35.9 Å². The molecule has 3 rings (SSSR count). The zero-order valence-electron chi connectivity index (χ0n) is 12.1. The van der Waals surface area contributed by atoms with Crippen LogP contribution < -0.4 is 5.32 Å². The minimum Gasteiger partial charge on any atom is -0.319 e. The van der Waals surface area contributed by atoms with Crippen LogP contribution in [0, 0.1) is 23.7 Å². The van der Waals surface area contributed by atoms with Crippen LogP contribution in [0.15, 0.2) is 30.3 Å². The molecule has 0 spiro atoms. The van der Waals surface area contributed by atoms with Crippen LogP contribution in [0.4, 0.5) is 0 Å². The Hall–Kier alpha value is -0.820. The smallest absolute Gasteiger partial charge is 0.00202 e. The highest BCUT2D eigenvalue weighted by Crippen LogP contribution is 2.50. The van der Waals surface area contributed by atoms with E-state index in [0.717, 1.165) is 23.7 Å². The first-order valence-corrected chi connectivity index (χ1v) is 8.03. The Bertz CT molecular complexity index is 386. The summed E-state index contributed by atoms with van der Waals surface area (Å²) in [5.74, 6) is 4.00. The quantitative estimate of drug-likeness (QED) is 0.815. The maximum Gasteiger partial charge on any atom is -0.00202 e. The molecule has 1 aromatic carbocycles. The molecule has 4 atom stereocenters. The van der Waals surface area contributed by atoms with E-state index in [0.29, 0.717) is 0 Å². The summed E-state index contributed by atoms with van der Waals surface area (Å²) in [5, 5.41) is 3.41. The second-order valence-corrected chi connectivity index (χ2v) is 6.78. The maximum atomic E-state index is 3.41. The summed E-state index contributed by atoms with van der Waals surface area (Å²) < 4.78 is 0. The molecule has 2 aliphatic carbocycles. The van der Waals surface area contributed by atoms with Gasteiger partial charge in [-0.2, -0.15) is 0 Å². The molecule has 0 radical (unpaired) electrons. The Morgan fingerprint density at radius 3 is 2.63 bits per heavy atom. The van der Waals surface area contributed by atoms with Crippen molar-refractivity contribution >= 4 is 0 Å². The van der Waals surface area contributed by atoms with Gasteiger partial charge in [0.1, 0.15) is 0 Å². The minimum absolute atomic E-state index is 0.816. The number of hydrogen-bond acceptors (Lipinski definition) is 1. The standard InChI is InChI=1S/C18H27N/c1-19-13-16(9-14-5-3-2-4-6-14)12-18-11-15-7-8-17(18)10-15/h2-6,15-19H,7-13H2,1H3. The molecule has 1 N–H and O–H groups in total. The molecule has 1 aromatic rings. The van der Waals surface area contributed by atoms with E-state index in [2.05, 4.69) is 42.7 Å². The van der Waals surface area contributed by atoms with Crippen molar-refractivity contribution in [3.8, 4) is 0 Å². The summed E-state index contributed by atoms with van der Waals surface area (Å²) >= 11 is 0. The SMILES string of the molecule is CNCC(Cc1ccccc1)CC1CC2CCC1C2. The molecule has 2 aliphatic rings. The zero-order chi connectivity index (χ0) is 13.1. The highest BCUT2D eigenvalue weighted by molar-refractivity contribution is 5.15. The first-order chi connectivity index (χ1) is 9.35. The van der Waals surface area contributed by atoms with Crippen LogP contribution in [0.5, 0.6) is 0 Å². The van der Waals surface area contributed by atoms with E-state index in [-0.39, 0.29) is 0 Å². The monoisotopic (exact) mass is 257 g/mol. The molecular formula is C18H27N. The van der Waals surface area contributed by atoms with Crippen LogP contribution in [-0.2, 0) is 6.42 Å². The fraction of sp³-hybridized carbons (Fsp3) is 0.667. The highest BCUT2D eigenvalue weighted by atomic mass is 14.8. The van der Waals surface area contributed by atoms with Gasteiger partial charge in [0.15, 0.2) is 0 Å². The molecule has 0 aliphatic heterocycles. The van der Waals surface area contributed by atoms with Crippen molar-refractivity contribution < 1.29 is 0 Å². The van der Waals surface area contributed by atoms with Crippen molar-refractivity contribution in [2.45, 2.75) is 38.5 Å². The van der Waals surface area contributed by atoms with Gasteiger partial charge in [-0.25, -0.2) is 0 Å². The van der Waals surface area contributed by atoms with Gasteiger partial charge >= 0.3 is 0 Å². The Kier molecular flexibility index (Phi) is 4.22. The molecule has 2 fully saturated rings. The van der Waals surface area contributed by atoms with Crippen molar-refractivity contribution in [3.63, 3.8) is 0 Å². The molecular weight excluding hydrogens is 230 g/mol. The minimum atomic E-state index is 0.816. The van der Waals surface area contributed by atoms with Crippen molar-refractivity contribution in [2.75, 3.05) is 13.6 Å². The van der Waals surface area contributed by atoms with Gasteiger partial charge in [-0.1, -0.05) is 36.8 Å². The van der Waals surface area contributed by atoms with Crippen molar-refractivity contribution in [1.29, 1.82) is 0 Å². The van der Waals surface area contributed by atoms with E-state index in [1.807, 2.05) is 0 Å². The van der Waals surface area contributed by atoms with Gasteiger partial charge in [0.25, 0.3) is 0 Å². The highest BCUT2D eigenvalue weighted by Gasteiger charge is 2.39. The lowest BCUT2D eigenvalue weighted by Gasteiger charge is -2.26. The van der Waals surface area contributed by atoms with Gasteiger partial charge in [0, 0.05) is 0 Å². The average Bonchev–Trinajstić information content (AvgIpc) is 3.02. The Morgan fingerprint density at radius 1 is 1.16 bits per heavy atom. The molecule has 104 valence electrons. The number of fused-ring (bicyclic) bond motifs is 2. The fourth-order valence-corrected chi connectivity index (χ4v) is 4.57. The Balaban J connectivity index is 1.58. The van der Waals surface area contributed by atoms with Gasteiger partial charge in [0.2, 0.25) is 0 Å². The predicted molar refractivity (Wildman–Crippen MR) is 81.1 cm³/mol. The van der Waals surface area contributed by atoms with E-state index in [4.69, 9.17) is 0 Å². The largest absolute Gasteiger partial charge is 0.319 e. The van der Waals surface area contributed by atoms with Gasteiger partial charge < -0.3 is 5.32 Å². The second kappa shape index (κ2) is 6.09. The van der Waals surface area contributed by atoms with Crippen molar-refractivity contribution in [2.24, 2.45) is 23.7 Å². The summed E-state index contributed by atoms with van der Waals surface area (Å²) in [6.07, 6.45) is 8.80. The Morgan fingerprint density at radius 2 is 2.00 bits per heavy atom. The summed E-state index contributed by atoms with van der Waals surface area (Å²) in [4.78, 5) is 0. The molecule has 2 saturated carbocycles. The molecule has 0 saturated heterocycles. The maximum absolute atomic E-state index is 3.41. The molecule has 0 aromatic heterocycles. The Labute approximate surface area is 117 Å². The van der Waals surface area contributed by atoms with E-state index in [9.17, 15) is 0 Å². The van der Waals surface area contributed by atoms with Gasteiger partial charge in [-0.3, -0.25) is 0 Å². The molecule has 2 bridgehead atoms. The number of nitrogens with one attached hydrogen (secondary N) is 1. The van der Waals surface area contributed by atoms with Crippen LogP contribution in [0.1, 0.15) is 37.7 Å². The van der Waals surface area contributed by atoms with E-state index >= 15 is 0 Å². The molecule has 19 heavy (non-hydrogen) atoms. The lowest BCUT2D eigenvalue weighted by atomic mass is 9.80. The van der Waals surface area contributed by atoms with Gasteiger partial charge in [0.05, 0.1) is 0 Å². The number of hydrogen-bond donors (Lipinski definition) is 1. The topological polar surface area (TPSA) is 12.0 Å². The molecule has 0 amide bonds. The summed E-state index contributed by atoms with van der Waals surface area (Å²) in [5.41, 5.74) is 1.51. The summed E-state index contributed by atoms with van der Waals surface area (Å²) in [6, 6.07) is 11.0. The molecule has 4 unspecified atom stereocenters. The molecule has 1 heteroatoms. The van der Waals surface area contributed by atoms with Gasteiger partial charge in [-0.05, 0) is 74.9 Å². The normalized spacial score (nSPS) is 30.7. The zero-order valence-corrected chi connectivity index (χ0v) is 12.1. The summed E-state index contributed by atoms with van der Waals surface area (Å²) in [6.45, 7) is 1.17. The third-order valence-electron chi connectivity index (χ3n) is 5.38. The average molecular weight is 257 g/mol. The third kappa shape index (κ3) is 3.20. The van der Waals surface area contributed by atoms with Gasteiger partial charge in [-0.15, -0.1) is 0 Å². The van der Waals surface area contributed by atoms with E-state index < -0.39 is 0 Å². The number of rotatable bonds is 6. The van der Waals surface area contributed by atoms with Crippen LogP contribution in [-0.4, -0.2) is 13.6 Å². The van der Waals surface area contributed by atoms with Crippen LogP contribution in [0.2, 0.25) is 0 Å². The van der Waals surface area contributed by atoms with Crippen molar-refractivity contribution in [1.82, 2.24) is 5.32 Å². The number of benzene rings is 1.